The van der Waals surface area contributed by atoms with Crippen LogP contribution in [0.25, 0.3) is 22.3 Å². The summed E-state index contributed by atoms with van der Waals surface area (Å²) in [5.74, 6) is 0.305. The molecule has 1 aliphatic heterocycles. The molecule has 43 heavy (non-hydrogen) atoms. The van der Waals surface area contributed by atoms with Crippen LogP contribution < -0.4 is 9.16 Å². The Morgan fingerprint density at radius 3 is 2.63 bits per heavy atom. The average Bonchev–Trinajstić information content (AvgIpc) is 3.29. The Hall–Kier alpha value is -2.58. The lowest BCUT2D eigenvalue weighted by molar-refractivity contribution is -0.0365. The summed E-state index contributed by atoms with van der Waals surface area (Å²) in [6.07, 6.45) is 4.75. The molecule has 2 aromatic heterocycles. The van der Waals surface area contributed by atoms with Crippen molar-refractivity contribution in [1.29, 1.82) is 0 Å². The Kier molecular flexibility index (Phi) is 10.5. The van der Waals surface area contributed by atoms with E-state index in [1.54, 1.807) is 13.1 Å². The topological polar surface area (TPSA) is 135 Å². The first-order valence-corrected chi connectivity index (χ1v) is 19.5. The van der Waals surface area contributed by atoms with Crippen LogP contribution in [0.5, 0.6) is 11.8 Å². The maximum Gasteiger partial charge on any atom is 0.317 e. The third-order valence-electron chi connectivity index (χ3n) is 8.12. The van der Waals surface area contributed by atoms with Crippen molar-refractivity contribution < 1.29 is 31.6 Å². The number of hydrogen-bond acceptors (Lipinski definition) is 9. The molecule has 0 amide bonds. The minimum Gasteiger partial charge on any atom is -0.543 e. The minimum absolute atomic E-state index is 0.0585. The van der Waals surface area contributed by atoms with Gasteiger partial charge in [-0.3, -0.25) is 4.55 Å². The molecule has 3 unspecified atom stereocenters. The van der Waals surface area contributed by atoms with Crippen molar-refractivity contribution in [3.63, 3.8) is 0 Å². The summed E-state index contributed by atoms with van der Waals surface area (Å²) >= 11 is 0. The zero-order valence-electron chi connectivity index (χ0n) is 26.4. The van der Waals surface area contributed by atoms with Gasteiger partial charge in [0.25, 0.3) is 10.1 Å². The van der Waals surface area contributed by atoms with Gasteiger partial charge in [-0.15, -0.1) is 0 Å². The SMILES string of the molecule is CC(CCOC(C)COc1nccc(-c2nn(C3CCCCO3)c3ccc(O[Si](C)(C)C(C)(C)C)cc23)n1)CS(=O)(=O)O. The van der Waals surface area contributed by atoms with E-state index in [4.69, 9.17) is 28.3 Å². The van der Waals surface area contributed by atoms with Gasteiger partial charge in [-0.05, 0) is 80.9 Å². The second kappa shape index (κ2) is 13.6. The molecule has 0 aliphatic carbocycles. The molecular weight excluding hydrogens is 589 g/mol. The van der Waals surface area contributed by atoms with Gasteiger partial charge in [0.1, 0.15) is 18.1 Å². The van der Waals surface area contributed by atoms with Crippen molar-refractivity contribution >= 4 is 29.3 Å². The second-order valence-electron chi connectivity index (χ2n) is 13.0. The Labute approximate surface area is 256 Å². The second-order valence-corrected chi connectivity index (χ2v) is 19.2. The van der Waals surface area contributed by atoms with Gasteiger partial charge in [-0.1, -0.05) is 27.7 Å². The molecule has 3 heterocycles. The smallest absolute Gasteiger partial charge is 0.317 e. The summed E-state index contributed by atoms with van der Waals surface area (Å²) in [6, 6.07) is 8.16. The number of aromatic nitrogens is 4. The van der Waals surface area contributed by atoms with Gasteiger partial charge in [-0.2, -0.15) is 18.5 Å². The van der Waals surface area contributed by atoms with Crippen molar-refractivity contribution in [1.82, 2.24) is 19.7 Å². The molecule has 11 nitrogen and oxygen atoms in total. The van der Waals surface area contributed by atoms with E-state index >= 15 is 0 Å². The average molecular weight is 635 g/mol. The van der Waals surface area contributed by atoms with Crippen molar-refractivity contribution in [2.75, 3.05) is 25.6 Å². The van der Waals surface area contributed by atoms with Crippen LogP contribution >= 0.6 is 0 Å². The van der Waals surface area contributed by atoms with Gasteiger partial charge in [0.05, 0.1) is 23.1 Å². The standard InChI is InChI=1S/C30H46N4O7SSi/c1-21(20-42(35,36)37)14-17-38-22(2)19-40-29-31-15-13-25(32-29)28-24-18-23(41-43(6,7)30(3,4)5)11-12-26(24)34(33-28)27-10-8-9-16-39-27/h11-13,15,18,21-22,27H,8-10,14,16-17,19-20H2,1-7H3,(H,35,36,37). The van der Waals surface area contributed by atoms with E-state index in [-0.39, 0.29) is 41.7 Å². The Bertz CT molecular complexity index is 1480. The zero-order valence-corrected chi connectivity index (χ0v) is 28.2. The molecule has 1 N–H and O–H groups in total. The van der Waals surface area contributed by atoms with Crippen LogP contribution in [0, 0.1) is 5.92 Å². The summed E-state index contributed by atoms with van der Waals surface area (Å²) in [5.41, 5.74) is 2.28. The molecule has 0 radical (unpaired) electrons. The van der Waals surface area contributed by atoms with Crippen LogP contribution in [-0.4, -0.2) is 72.7 Å². The maximum absolute atomic E-state index is 11.1. The van der Waals surface area contributed by atoms with Crippen molar-refractivity contribution in [2.24, 2.45) is 5.92 Å². The van der Waals surface area contributed by atoms with Crippen LogP contribution in [0.15, 0.2) is 30.5 Å². The number of ether oxygens (including phenoxy) is 3. The van der Waals surface area contributed by atoms with E-state index in [9.17, 15) is 8.42 Å². The highest BCUT2D eigenvalue weighted by molar-refractivity contribution is 7.85. The van der Waals surface area contributed by atoms with E-state index in [0.717, 1.165) is 35.9 Å². The molecule has 1 aromatic carbocycles. The Morgan fingerprint density at radius 2 is 1.95 bits per heavy atom. The molecule has 0 saturated carbocycles. The summed E-state index contributed by atoms with van der Waals surface area (Å²) < 4.78 is 57.4. The van der Waals surface area contributed by atoms with Gasteiger partial charge >= 0.3 is 6.01 Å². The quantitative estimate of drug-likeness (QED) is 0.169. The number of nitrogens with zero attached hydrogens (tertiary/aromatic N) is 4. The van der Waals surface area contributed by atoms with E-state index in [2.05, 4.69) is 56.0 Å². The molecule has 4 rings (SSSR count). The first-order chi connectivity index (χ1) is 20.1. The van der Waals surface area contributed by atoms with Gasteiger partial charge in [0.2, 0.25) is 8.32 Å². The predicted molar refractivity (Wildman–Crippen MR) is 169 cm³/mol. The number of hydrogen-bond donors (Lipinski definition) is 1. The summed E-state index contributed by atoms with van der Waals surface area (Å²) in [4.78, 5) is 8.98. The van der Waals surface area contributed by atoms with Gasteiger partial charge in [-0.25, -0.2) is 9.67 Å². The lowest BCUT2D eigenvalue weighted by Gasteiger charge is -2.36. The molecule has 1 saturated heterocycles. The van der Waals surface area contributed by atoms with Crippen LogP contribution in [-0.2, 0) is 19.6 Å². The normalized spacial score (nSPS) is 18.0. The first-order valence-electron chi connectivity index (χ1n) is 15.0. The molecule has 13 heteroatoms. The van der Waals surface area contributed by atoms with E-state index < -0.39 is 18.4 Å². The minimum atomic E-state index is -4.00. The van der Waals surface area contributed by atoms with Crippen LogP contribution in [0.2, 0.25) is 18.1 Å². The fraction of sp³-hybridized carbons (Fsp3) is 0.633. The van der Waals surface area contributed by atoms with Crippen LogP contribution in [0.3, 0.4) is 0 Å². The monoisotopic (exact) mass is 634 g/mol. The third-order valence-corrected chi connectivity index (χ3v) is 13.5. The molecular formula is C30H46N4O7SSi. The summed E-state index contributed by atoms with van der Waals surface area (Å²) in [5, 5.41) is 5.99. The summed E-state index contributed by atoms with van der Waals surface area (Å²) in [7, 11) is -6.06. The number of fused-ring (bicyclic) bond motifs is 1. The lowest BCUT2D eigenvalue weighted by Crippen LogP contribution is -2.43. The van der Waals surface area contributed by atoms with Crippen molar-refractivity contribution in [2.45, 2.75) is 90.8 Å². The van der Waals surface area contributed by atoms with Crippen LogP contribution in [0.4, 0.5) is 0 Å². The summed E-state index contributed by atoms with van der Waals surface area (Å²) in [6.45, 7) is 16.0. The lowest BCUT2D eigenvalue weighted by atomic mass is 10.1. The molecule has 3 atom stereocenters. The van der Waals surface area contributed by atoms with E-state index in [0.29, 0.717) is 31.0 Å². The molecule has 3 aromatic rings. The highest BCUT2D eigenvalue weighted by Crippen LogP contribution is 2.39. The maximum atomic E-state index is 11.1. The van der Waals surface area contributed by atoms with E-state index in [1.165, 1.54) is 0 Å². The fourth-order valence-electron chi connectivity index (χ4n) is 4.65. The molecule has 0 spiro atoms. The molecule has 238 valence electrons. The van der Waals surface area contributed by atoms with Crippen molar-refractivity contribution in [3.05, 3.63) is 30.5 Å². The van der Waals surface area contributed by atoms with Crippen LogP contribution in [0.1, 0.15) is 66.5 Å². The Morgan fingerprint density at radius 1 is 1.19 bits per heavy atom. The first kappa shape index (κ1) is 33.3. The van der Waals surface area contributed by atoms with Crippen molar-refractivity contribution in [3.8, 4) is 23.1 Å². The molecule has 1 aliphatic rings. The third kappa shape index (κ3) is 8.97. The fourth-order valence-corrected chi connectivity index (χ4v) is 6.56. The largest absolute Gasteiger partial charge is 0.543 e. The molecule has 1 fully saturated rings. The number of benzene rings is 1. The predicted octanol–water partition coefficient (Wildman–Crippen LogP) is 6.27. The molecule has 0 bridgehead atoms. The number of rotatable bonds is 13. The van der Waals surface area contributed by atoms with E-state index in [1.807, 2.05) is 23.7 Å². The Balaban J connectivity index is 1.53. The van der Waals surface area contributed by atoms with Gasteiger partial charge in [0, 0.05) is 24.8 Å². The van der Waals surface area contributed by atoms with Gasteiger partial charge < -0.3 is 18.6 Å². The van der Waals surface area contributed by atoms with Gasteiger partial charge in [0.15, 0.2) is 6.23 Å². The zero-order chi connectivity index (χ0) is 31.4. The highest BCUT2D eigenvalue weighted by atomic mass is 32.2. The highest BCUT2D eigenvalue weighted by Gasteiger charge is 2.39.